The van der Waals surface area contributed by atoms with Gasteiger partial charge in [0.1, 0.15) is 6.04 Å². The van der Waals surface area contributed by atoms with Gasteiger partial charge in [0.05, 0.1) is 19.3 Å². The SMILES string of the molecule is CCCNC(=O)[C@@H](C)NC(=O)COC(=O)c1ccc(OC)c(OCC)c1. The minimum atomic E-state index is -0.710. The first kappa shape index (κ1) is 21.3. The second kappa shape index (κ2) is 11.0. The average molecular weight is 366 g/mol. The summed E-state index contributed by atoms with van der Waals surface area (Å²) in [4.78, 5) is 35.6. The first-order valence-electron chi connectivity index (χ1n) is 8.47. The second-order valence-corrected chi connectivity index (χ2v) is 5.46. The van der Waals surface area contributed by atoms with Gasteiger partial charge < -0.3 is 24.8 Å². The van der Waals surface area contributed by atoms with E-state index in [1.807, 2.05) is 13.8 Å². The molecular weight excluding hydrogens is 340 g/mol. The van der Waals surface area contributed by atoms with Crippen LogP contribution >= 0.6 is 0 Å². The zero-order valence-corrected chi connectivity index (χ0v) is 15.6. The van der Waals surface area contributed by atoms with Crippen molar-refractivity contribution in [2.45, 2.75) is 33.2 Å². The van der Waals surface area contributed by atoms with Gasteiger partial charge in [-0.2, -0.15) is 0 Å². The van der Waals surface area contributed by atoms with Crippen LogP contribution in [0.15, 0.2) is 18.2 Å². The lowest BCUT2D eigenvalue weighted by Gasteiger charge is -2.14. The third kappa shape index (κ3) is 6.62. The molecule has 26 heavy (non-hydrogen) atoms. The van der Waals surface area contributed by atoms with E-state index in [1.54, 1.807) is 13.0 Å². The fraction of sp³-hybridized carbons (Fsp3) is 0.500. The number of rotatable bonds is 10. The Labute approximate surface area is 153 Å². The zero-order valence-electron chi connectivity index (χ0n) is 15.6. The Bertz CT molecular complexity index is 632. The molecule has 0 saturated heterocycles. The van der Waals surface area contributed by atoms with Crippen LogP contribution in [0.2, 0.25) is 0 Å². The summed E-state index contributed by atoms with van der Waals surface area (Å²) in [6.07, 6.45) is 0.801. The number of carbonyl (C=O) groups is 3. The number of hydrogen-bond acceptors (Lipinski definition) is 6. The van der Waals surface area contributed by atoms with Crippen molar-refractivity contribution < 1.29 is 28.6 Å². The van der Waals surface area contributed by atoms with Crippen LogP contribution in [-0.2, 0) is 14.3 Å². The molecule has 0 aliphatic carbocycles. The average Bonchev–Trinajstić information content (AvgIpc) is 2.64. The number of methoxy groups -OCH3 is 1. The minimum Gasteiger partial charge on any atom is -0.493 e. The van der Waals surface area contributed by atoms with E-state index in [0.717, 1.165) is 6.42 Å². The summed E-state index contributed by atoms with van der Waals surface area (Å²) in [7, 11) is 1.50. The summed E-state index contributed by atoms with van der Waals surface area (Å²) in [5.41, 5.74) is 0.232. The van der Waals surface area contributed by atoms with E-state index in [2.05, 4.69) is 10.6 Å². The summed E-state index contributed by atoms with van der Waals surface area (Å²) in [6.45, 7) is 5.76. The normalized spacial score (nSPS) is 11.2. The van der Waals surface area contributed by atoms with Crippen molar-refractivity contribution in [1.29, 1.82) is 0 Å². The Morgan fingerprint density at radius 1 is 1.15 bits per heavy atom. The van der Waals surface area contributed by atoms with E-state index >= 15 is 0 Å². The van der Waals surface area contributed by atoms with Gasteiger partial charge in [-0.15, -0.1) is 0 Å². The van der Waals surface area contributed by atoms with Crippen molar-refractivity contribution in [3.8, 4) is 11.5 Å². The summed E-state index contributed by atoms with van der Waals surface area (Å²) in [5, 5.41) is 5.14. The standard InChI is InChI=1S/C18H26N2O6/c1-5-9-19-17(22)12(3)20-16(21)11-26-18(23)13-7-8-14(24-4)15(10-13)25-6-2/h7-8,10,12H,5-6,9,11H2,1-4H3,(H,19,22)(H,20,21)/t12-/m1/s1. The van der Waals surface area contributed by atoms with Gasteiger partial charge in [-0.25, -0.2) is 4.79 Å². The summed E-state index contributed by atoms with van der Waals surface area (Å²) < 4.78 is 15.5. The molecule has 2 N–H and O–H groups in total. The minimum absolute atomic E-state index is 0.232. The van der Waals surface area contributed by atoms with Crippen molar-refractivity contribution in [2.24, 2.45) is 0 Å². The number of carbonyl (C=O) groups excluding carboxylic acids is 3. The largest absolute Gasteiger partial charge is 0.493 e. The molecule has 0 bridgehead atoms. The van der Waals surface area contributed by atoms with E-state index in [1.165, 1.54) is 19.2 Å². The number of hydrogen-bond donors (Lipinski definition) is 2. The quantitative estimate of drug-likeness (QED) is 0.605. The van der Waals surface area contributed by atoms with Gasteiger partial charge in [0.15, 0.2) is 18.1 Å². The molecule has 2 amide bonds. The molecular formula is C18H26N2O6. The van der Waals surface area contributed by atoms with Gasteiger partial charge in [0.25, 0.3) is 5.91 Å². The van der Waals surface area contributed by atoms with Crippen molar-refractivity contribution in [3.05, 3.63) is 23.8 Å². The van der Waals surface area contributed by atoms with E-state index in [0.29, 0.717) is 24.7 Å². The van der Waals surface area contributed by atoms with Gasteiger partial charge in [-0.1, -0.05) is 6.92 Å². The zero-order chi connectivity index (χ0) is 19.5. The first-order valence-corrected chi connectivity index (χ1v) is 8.47. The monoisotopic (exact) mass is 366 g/mol. The maximum absolute atomic E-state index is 12.1. The fourth-order valence-corrected chi connectivity index (χ4v) is 2.04. The van der Waals surface area contributed by atoms with Crippen LogP contribution in [0.1, 0.15) is 37.6 Å². The first-order chi connectivity index (χ1) is 12.4. The maximum Gasteiger partial charge on any atom is 0.338 e. The van der Waals surface area contributed by atoms with Gasteiger partial charge in [0, 0.05) is 6.54 Å². The molecule has 1 aromatic carbocycles. The van der Waals surface area contributed by atoms with Gasteiger partial charge in [0.2, 0.25) is 5.91 Å². The summed E-state index contributed by atoms with van der Waals surface area (Å²) >= 11 is 0. The molecule has 0 saturated carbocycles. The number of ether oxygens (including phenoxy) is 3. The van der Waals surface area contributed by atoms with E-state index in [-0.39, 0.29) is 11.5 Å². The molecule has 0 aliphatic heterocycles. The second-order valence-electron chi connectivity index (χ2n) is 5.46. The van der Waals surface area contributed by atoms with Crippen LogP contribution in [0.3, 0.4) is 0 Å². The Hall–Kier alpha value is -2.77. The third-order valence-electron chi connectivity index (χ3n) is 3.35. The highest BCUT2D eigenvalue weighted by atomic mass is 16.5. The molecule has 144 valence electrons. The Morgan fingerprint density at radius 2 is 1.88 bits per heavy atom. The summed E-state index contributed by atoms with van der Waals surface area (Å²) in [6, 6.07) is 3.88. The van der Waals surface area contributed by atoms with Gasteiger partial charge in [-0.3, -0.25) is 9.59 Å². The molecule has 1 atom stereocenters. The topological polar surface area (TPSA) is 103 Å². The highest BCUT2D eigenvalue weighted by Crippen LogP contribution is 2.28. The highest BCUT2D eigenvalue weighted by Gasteiger charge is 2.17. The molecule has 1 aromatic rings. The van der Waals surface area contributed by atoms with Gasteiger partial charge >= 0.3 is 5.97 Å². The van der Waals surface area contributed by atoms with E-state index in [9.17, 15) is 14.4 Å². The highest BCUT2D eigenvalue weighted by molar-refractivity contribution is 5.93. The molecule has 0 fully saturated rings. The predicted molar refractivity (Wildman–Crippen MR) is 95.4 cm³/mol. The number of amides is 2. The molecule has 0 heterocycles. The fourth-order valence-electron chi connectivity index (χ4n) is 2.04. The maximum atomic E-state index is 12.1. The molecule has 0 aliphatic rings. The lowest BCUT2D eigenvalue weighted by Crippen LogP contribution is -2.46. The lowest BCUT2D eigenvalue weighted by atomic mass is 10.2. The molecule has 1 rings (SSSR count). The molecule has 0 aromatic heterocycles. The van der Waals surface area contributed by atoms with Crippen LogP contribution < -0.4 is 20.1 Å². The van der Waals surface area contributed by atoms with Crippen molar-refractivity contribution in [1.82, 2.24) is 10.6 Å². The molecule has 0 unspecified atom stereocenters. The number of esters is 1. The van der Waals surface area contributed by atoms with Crippen molar-refractivity contribution in [2.75, 3.05) is 26.9 Å². The Kier molecular flexibility index (Phi) is 8.97. The smallest absolute Gasteiger partial charge is 0.338 e. The van der Waals surface area contributed by atoms with E-state index < -0.39 is 24.5 Å². The van der Waals surface area contributed by atoms with Crippen LogP contribution in [0, 0.1) is 0 Å². The van der Waals surface area contributed by atoms with Crippen LogP contribution in [-0.4, -0.2) is 50.7 Å². The number of nitrogens with one attached hydrogen (secondary N) is 2. The van der Waals surface area contributed by atoms with Crippen LogP contribution in [0.25, 0.3) is 0 Å². The van der Waals surface area contributed by atoms with E-state index in [4.69, 9.17) is 14.2 Å². The molecule has 8 heteroatoms. The molecule has 0 spiro atoms. The molecule has 8 nitrogen and oxygen atoms in total. The van der Waals surface area contributed by atoms with Crippen molar-refractivity contribution >= 4 is 17.8 Å². The van der Waals surface area contributed by atoms with Crippen LogP contribution in [0.5, 0.6) is 11.5 Å². The lowest BCUT2D eigenvalue weighted by molar-refractivity contribution is -0.130. The summed E-state index contributed by atoms with van der Waals surface area (Å²) in [5.74, 6) is -0.617. The third-order valence-corrected chi connectivity index (χ3v) is 3.35. The molecule has 0 radical (unpaired) electrons. The Morgan fingerprint density at radius 3 is 2.50 bits per heavy atom. The van der Waals surface area contributed by atoms with Crippen molar-refractivity contribution in [3.63, 3.8) is 0 Å². The van der Waals surface area contributed by atoms with Gasteiger partial charge in [-0.05, 0) is 38.5 Å². The van der Waals surface area contributed by atoms with Crippen LogP contribution in [0.4, 0.5) is 0 Å². The Balaban J connectivity index is 2.56. The number of benzene rings is 1. The predicted octanol–water partition coefficient (Wildman–Crippen LogP) is 1.28.